The summed E-state index contributed by atoms with van der Waals surface area (Å²) in [4.78, 5) is 0. The highest BCUT2D eigenvalue weighted by atomic mass is 33.7. The second kappa shape index (κ2) is 3.04. The van der Waals surface area contributed by atoms with Crippen molar-refractivity contribution in [1.82, 2.24) is 0 Å². The van der Waals surface area contributed by atoms with E-state index in [2.05, 4.69) is 27.7 Å². The predicted octanol–water partition coefficient (Wildman–Crippen LogP) is 4.24. The number of hydrogen-bond acceptors (Lipinski definition) is 4. The molecule has 0 nitrogen and oxygen atoms in total. The minimum atomic E-state index is 0.396. The Morgan fingerprint density at radius 1 is 0.700 bits per heavy atom. The van der Waals surface area contributed by atoms with Crippen molar-refractivity contribution in [2.45, 2.75) is 37.2 Å². The first kappa shape index (κ1) is 9.49. The summed E-state index contributed by atoms with van der Waals surface area (Å²) in [7, 11) is 7.77. The molecule has 1 rings (SSSR count). The third-order valence-corrected chi connectivity index (χ3v) is 10.4. The molecular weight excluding hydrogens is 200 g/mol. The summed E-state index contributed by atoms with van der Waals surface area (Å²) in [6.07, 6.45) is 0. The van der Waals surface area contributed by atoms with E-state index in [1.807, 2.05) is 41.2 Å². The minimum Gasteiger partial charge on any atom is -0.0740 e. The molecule has 0 N–H and O–H groups in total. The first-order chi connectivity index (χ1) is 4.46. The van der Waals surface area contributed by atoms with Crippen LogP contribution < -0.4 is 0 Å². The number of hydrogen-bond donors (Lipinski definition) is 0. The molecule has 1 aliphatic heterocycles. The average molecular weight is 212 g/mol. The van der Waals surface area contributed by atoms with Gasteiger partial charge in [-0.05, 0) is 47.3 Å². The SMILES string of the molecule is CC1(C)SSSSC1(C)C. The van der Waals surface area contributed by atoms with Gasteiger partial charge in [-0.15, -0.1) is 0 Å². The van der Waals surface area contributed by atoms with Crippen LogP contribution in [0.2, 0.25) is 0 Å². The fourth-order valence-electron chi connectivity index (χ4n) is 0.399. The summed E-state index contributed by atoms with van der Waals surface area (Å²) in [5.74, 6) is 0. The van der Waals surface area contributed by atoms with E-state index in [4.69, 9.17) is 0 Å². The maximum absolute atomic E-state index is 2.32. The van der Waals surface area contributed by atoms with E-state index in [1.54, 1.807) is 0 Å². The van der Waals surface area contributed by atoms with Crippen molar-refractivity contribution in [2.24, 2.45) is 0 Å². The van der Waals surface area contributed by atoms with Gasteiger partial charge in [-0.3, -0.25) is 0 Å². The van der Waals surface area contributed by atoms with Crippen molar-refractivity contribution in [3.63, 3.8) is 0 Å². The van der Waals surface area contributed by atoms with Gasteiger partial charge in [-0.2, -0.15) is 0 Å². The van der Waals surface area contributed by atoms with E-state index >= 15 is 0 Å². The van der Waals surface area contributed by atoms with Crippen molar-refractivity contribution >= 4 is 41.2 Å². The molecule has 1 aliphatic rings. The van der Waals surface area contributed by atoms with Crippen molar-refractivity contribution in [1.29, 1.82) is 0 Å². The van der Waals surface area contributed by atoms with E-state index in [-0.39, 0.29) is 0 Å². The van der Waals surface area contributed by atoms with Gasteiger partial charge in [0.05, 0.1) is 0 Å². The second-order valence-corrected chi connectivity index (χ2v) is 10.2. The molecule has 1 fully saturated rings. The highest BCUT2D eigenvalue weighted by molar-refractivity contribution is 9.27. The first-order valence-electron chi connectivity index (χ1n) is 3.16. The van der Waals surface area contributed by atoms with Crippen LogP contribution in [-0.2, 0) is 0 Å². The van der Waals surface area contributed by atoms with Crippen LogP contribution in [0.25, 0.3) is 0 Å². The molecule has 0 bridgehead atoms. The second-order valence-electron chi connectivity index (χ2n) is 3.32. The Kier molecular flexibility index (Phi) is 2.88. The molecule has 60 valence electrons. The van der Waals surface area contributed by atoms with Gasteiger partial charge in [0, 0.05) is 9.49 Å². The summed E-state index contributed by atoms with van der Waals surface area (Å²) < 4.78 is 0.793. The quantitative estimate of drug-likeness (QED) is 0.551. The first-order valence-corrected chi connectivity index (χ1v) is 7.97. The summed E-state index contributed by atoms with van der Waals surface area (Å²) in [5.41, 5.74) is 0. The van der Waals surface area contributed by atoms with Gasteiger partial charge in [0.15, 0.2) is 0 Å². The Morgan fingerprint density at radius 2 is 1.00 bits per heavy atom. The Labute approximate surface area is 78.3 Å². The maximum atomic E-state index is 2.32. The summed E-state index contributed by atoms with van der Waals surface area (Å²) in [6.45, 7) is 9.27. The van der Waals surface area contributed by atoms with Gasteiger partial charge in [-0.1, -0.05) is 21.6 Å². The van der Waals surface area contributed by atoms with Crippen LogP contribution in [0.5, 0.6) is 0 Å². The van der Waals surface area contributed by atoms with Crippen molar-refractivity contribution < 1.29 is 0 Å². The zero-order valence-corrected chi connectivity index (χ0v) is 9.90. The molecule has 1 saturated heterocycles. The fourth-order valence-corrected chi connectivity index (χ4v) is 9.26. The van der Waals surface area contributed by atoms with Crippen molar-refractivity contribution in [2.75, 3.05) is 0 Å². The van der Waals surface area contributed by atoms with E-state index in [0.717, 1.165) is 0 Å². The minimum absolute atomic E-state index is 0.396. The van der Waals surface area contributed by atoms with E-state index < -0.39 is 0 Å². The topological polar surface area (TPSA) is 0 Å². The molecule has 0 aromatic carbocycles. The molecule has 0 aromatic heterocycles. The van der Waals surface area contributed by atoms with Crippen molar-refractivity contribution in [3.8, 4) is 0 Å². The molecule has 10 heavy (non-hydrogen) atoms. The van der Waals surface area contributed by atoms with Gasteiger partial charge in [0.25, 0.3) is 0 Å². The Morgan fingerprint density at radius 3 is 1.20 bits per heavy atom. The summed E-state index contributed by atoms with van der Waals surface area (Å²) in [5, 5.41) is 0. The van der Waals surface area contributed by atoms with Crippen LogP contribution >= 0.6 is 41.2 Å². The van der Waals surface area contributed by atoms with Crippen LogP contribution in [0.1, 0.15) is 27.7 Å². The summed E-state index contributed by atoms with van der Waals surface area (Å²) in [6, 6.07) is 0. The van der Waals surface area contributed by atoms with E-state index in [9.17, 15) is 0 Å². The predicted molar refractivity (Wildman–Crippen MR) is 58.5 cm³/mol. The van der Waals surface area contributed by atoms with Crippen LogP contribution in [0.15, 0.2) is 0 Å². The van der Waals surface area contributed by atoms with E-state index in [0.29, 0.717) is 9.49 Å². The Balaban J connectivity index is 2.70. The van der Waals surface area contributed by atoms with Gasteiger partial charge >= 0.3 is 0 Å². The molecule has 0 atom stereocenters. The normalized spacial score (nSPS) is 30.0. The molecule has 0 aromatic rings. The largest absolute Gasteiger partial charge is 0.0740 e. The smallest absolute Gasteiger partial charge is 0.0365 e. The van der Waals surface area contributed by atoms with Crippen LogP contribution in [-0.4, -0.2) is 9.49 Å². The Bertz CT molecular complexity index is 114. The molecule has 0 spiro atoms. The monoisotopic (exact) mass is 212 g/mol. The van der Waals surface area contributed by atoms with Crippen molar-refractivity contribution in [3.05, 3.63) is 0 Å². The molecule has 0 radical (unpaired) electrons. The zero-order chi connectivity index (χ0) is 7.83. The fraction of sp³-hybridized carbons (Fsp3) is 1.00. The van der Waals surface area contributed by atoms with Gasteiger partial charge in [-0.25, -0.2) is 0 Å². The molecule has 4 heteroatoms. The lowest BCUT2D eigenvalue weighted by Gasteiger charge is -2.42. The Hall–Kier alpha value is 1.40. The molecule has 1 heterocycles. The van der Waals surface area contributed by atoms with Crippen LogP contribution in [0.3, 0.4) is 0 Å². The van der Waals surface area contributed by atoms with Crippen LogP contribution in [0, 0.1) is 0 Å². The average Bonchev–Trinajstić information content (AvgIpc) is 1.77. The zero-order valence-electron chi connectivity index (χ0n) is 6.63. The third kappa shape index (κ3) is 1.76. The van der Waals surface area contributed by atoms with Gasteiger partial charge in [0.1, 0.15) is 0 Å². The van der Waals surface area contributed by atoms with E-state index in [1.165, 1.54) is 0 Å². The third-order valence-electron chi connectivity index (χ3n) is 1.96. The molecule has 0 amide bonds. The molecule has 0 unspecified atom stereocenters. The number of rotatable bonds is 0. The highest BCUT2D eigenvalue weighted by Crippen LogP contribution is 2.64. The lowest BCUT2D eigenvalue weighted by atomic mass is 9.98. The summed E-state index contributed by atoms with van der Waals surface area (Å²) >= 11 is 0. The highest BCUT2D eigenvalue weighted by Gasteiger charge is 2.42. The lowest BCUT2D eigenvalue weighted by molar-refractivity contribution is 0.559. The van der Waals surface area contributed by atoms with Gasteiger partial charge in [0.2, 0.25) is 0 Å². The maximum Gasteiger partial charge on any atom is 0.0365 e. The van der Waals surface area contributed by atoms with Crippen LogP contribution in [0.4, 0.5) is 0 Å². The van der Waals surface area contributed by atoms with Gasteiger partial charge < -0.3 is 0 Å². The molecular formula is C6H12S4. The molecule has 0 aliphatic carbocycles. The lowest BCUT2D eigenvalue weighted by Crippen LogP contribution is -2.39. The molecule has 0 saturated carbocycles. The standard InChI is InChI=1S/C6H12S4/c1-5(2)6(3,4)8-10-9-7-5/h1-4H3.